The third-order valence-electron chi connectivity index (χ3n) is 2.66. The van der Waals surface area contributed by atoms with Crippen molar-refractivity contribution in [3.8, 4) is 5.75 Å². The van der Waals surface area contributed by atoms with E-state index >= 15 is 0 Å². The van der Waals surface area contributed by atoms with Crippen LogP contribution in [-0.4, -0.2) is 32.9 Å². The monoisotopic (exact) mass is 349 g/mol. The van der Waals surface area contributed by atoms with Gasteiger partial charge in [-0.1, -0.05) is 36.7 Å². The zero-order valence-corrected chi connectivity index (χ0v) is 14.1. The molecule has 0 saturated carbocycles. The lowest BCUT2D eigenvalue weighted by atomic mass is 10.2. The van der Waals surface area contributed by atoms with E-state index < -0.39 is 10.0 Å². The Morgan fingerprint density at radius 3 is 2.47 bits per heavy atom. The molecule has 0 aliphatic rings. The average molecular weight is 350 g/mol. The van der Waals surface area contributed by atoms with Crippen LogP contribution in [0.1, 0.15) is 20.8 Å². The summed E-state index contributed by atoms with van der Waals surface area (Å²) in [4.78, 5) is 0.201. The average Bonchev–Trinajstić information content (AvgIpc) is 2.35. The summed E-state index contributed by atoms with van der Waals surface area (Å²) in [5.41, 5.74) is 0. The molecule has 0 aliphatic carbocycles. The molecule has 0 heterocycles. The Morgan fingerprint density at radius 1 is 1.37 bits per heavy atom. The molecule has 19 heavy (non-hydrogen) atoms. The Bertz CT molecular complexity index is 529. The Morgan fingerprint density at radius 2 is 2.00 bits per heavy atom. The van der Waals surface area contributed by atoms with Gasteiger partial charge in [0.2, 0.25) is 10.0 Å². The summed E-state index contributed by atoms with van der Waals surface area (Å²) in [6.45, 7) is 6.77. The Labute approximate surface area is 123 Å². The van der Waals surface area contributed by atoms with E-state index in [9.17, 15) is 8.42 Å². The molecule has 1 aromatic carbocycles. The lowest BCUT2D eigenvalue weighted by molar-refractivity contribution is 0.371. The van der Waals surface area contributed by atoms with Crippen LogP contribution in [0.2, 0.25) is 0 Å². The van der Waals surface area contributed by atoms with E-state index in [1.807, 2.05) is 20.8 Å². The van der Waals surface area contributed by atoms with Crippen LogP contribution in [0, 0.1) is 5.92 Å². The van der Waals surface area contributed by atoms with Gasteiger partial charge in [0, 0.05) is 17.6 Å². The molecule has 0 unspecified atom stereocenters. The van der Waals surface area contributed by atoms with E-state index in [0.717, 1.165) is 0 Å². The van der Waals surface area contributed by atoms with Crippen molar-refractivity contribution in [3.05, 3.63) is 22.7 Å². The van der Waals surface area contributed by atoms with E-state index in [1.54, 1.807) is 18.2 Å². The first kappa shape index (κ1) is 16.5. The number of hydrogen-bond acceptors (Lipinski definition) is 3. The molecule has 0 saturated heterocycles. The molecule has 0 amide bonds. The van der Waals surface area contributed by atoms with Crippen molar-refractivity contribution in [3.63, 3.8) is 0 Å². The zero-order chi connectivity index (χ0) is 14.6. The van der Waals surface area contributed by atoms with Crippen molar-refractivity contribution >= 4 is 26.0 Å². The third-order valence-corrected chi connectivity index (χ3v) is 5.12. The standard InChI is InChI=1S/C13H20BrNO3S/c1-5-15(9-10(2)3)19(16,17)13-8-11(14)6-7-12(13)18-4/h6-8,10H,5,9H2,1-4H3. The molecule has 0 radical (unpaired) electrons. The maximum Gasteiger partial charge on any atom is 0.246 e. The molecule has 0 fully saturated rings. The van der Waals surface area contributed by atoms with Gasteiger partial charge in [0.15, 0.2) is 0 Å². The van der Waals surface area contributed by atoms with Crippen molar-refractivity contribution < 1.29 is 13.2 Å². The number of nitrogens with zero attached hydrogens (tertiary/aromatic N) is 1. The Balaban J connectivity index is 3.28. The smallest absolute Gasteiger partial charge is 0.246 e. The second-order valence-electron chi connectivity index (χ2n) is 4.64. The minimum atomic E-state index is -3.53. The van der Waals surface area contributed by atoms with Gasteiger partial charge in [0.05, 0.1) is 7.11 Å². The number of halogens is 1. The third kappa shape index (κ3) is 3.94. The highest BCUT2D eigenvalue weighted by Gasteiger charge is 2.27. The minimum absolute atomic E-state index is 0.201. The quantitative estimate of drug-likeness (QED) is 0.792. The highest BCUT2D eigenvalue weighted by Crippen LogP contribution is 2.30. The highest BCUT2D eigenvalue weighted by molar-refractivity contribution is 9.10. The van der Waals surface area contributed by atoms with Crippen LogP contribution in [-0.2, 0) is 10.0 Å². The van der Waals surface area contributed by atoms with Crippen LogP contribution in [0.3, 0.4) is 0 Å². The molecule has 0 bridgehead atoms. The van der Waals surface area contributed by atoms with E-state index in [2.05, 4.69) is 15.9 Å². The lowest BCUT2D eigenvalue weighted by Gasteiger charge is -2.23. The van der Waals surface area contributed by atoms with Crippen molar-refractivity contribution in [2.75, 3.05) is 20.2 Å². The molecule has 0 atom stereocenters. The van der Waals surface area contributed by atoms with Crippen LogP contribution < -0.4 is 4.74 Å². The van der Waals surface area contributed by atoms with E-state index in [-0.39, 0.29) is 10.8 Å². The number of sulfonamides is 1. The first-order chi connectivity index (χ1) is 8.82. The van der Waals surface area contributed by atoms with E-state index in [4.69, 9.17) is 4.74 Å². The first-order valence-electron chi connectivity index (χ1n) is 6.16. The molecule has 0 aromatic heterocycles. The molecule has 1 aromatic rings. The number of ether oxygens (including phenoxy) is 1. The fraction of sp³-hybridized carbons (Fsp3) is 0.538. The van der Waals surface area contributed by atoms with Crippen molar-refractivity contribution in [1.29, 1.82) is 0 Å². The molecule has 6 heteroatoms. The predicted molar refractivity (Wildman–Crippen MR) is 80.0 cm³/mol. The molecule has 0 aliphatic heterocycles. The first-order valence-corrected chi connectivity index (χ1v) is 8.39. The predicted octanol–water partition coefficient (Wildman–Crippen LogP) is 3.12. The molecular weight excluding hydrogens is 330 g/mol. The Hall–Kier alpha value is -0.590. The van der Waals surface area contributed by atoms with Gasteiger partial charge in [0.1, 0.15) is 10.6 Å². The number of hydrogen-bond donors (Lipinski definition) is 0. The van der Waals surface area contributed by atoms with Gasteiger partial charge in [-0.05, 0) is 24.1 Å². The van der Waals surface area contributed by atoms with Crippen molar-refractivity contribution in [1.82, 2.24) is 4.31 Å². The molecule has 4 nitrogen and oxygen atoms in total. The summed E-state index contributed by atoms with van der Waals surface area (Å²) in [5, 5.41) is 0. The van der Waals surface area contributed by atoms with Crippen LogP contribution in [0.4, 0.5) is 0 Å². The molecule has 1 rings (SSSR count). The topological polar surface area (TPSA) is 46.6 Å². The summed E-state index contributed by atoms with van der Waals surface area (Å²) >= 11 is 3.30. The van der Waals surface area contributed by atoms with Gasteiger partial charge in [-0.3, -0.25) is 0 Å². The SMILES string of the molecule is CCN(CC(C)C)S(=O)(=O)c1cc(Br)ccc1OC. The lowest BCUT2D eigenvalue weighted by Crippen LogP contribution is -2.34. The maximum absolute atomic E-state index is 12.7. The summed E-state index contributed by atoms with van der Waals surface area (Å²) < 4.78 is 32.7. The van der Waals surface area contributed by atoms with Gasteiger partial charge >= 0.3 is 0 Å². The highest BCUT2D eigenvalue weighted by atomic mass is 79.9. The van der Waals surface area contributed by atoms with Gasteiger partial charge in [0.25, 0.3) is 0 Å². The second kappa shape index (κ2) is 6.72. The normalized spacial score (nSPS) is 12.2. The summed E-state index contributed by atoms with van der Waals surface area (Å²) in [5.74, 6) is 0.637. The van der Waals surface area contributed by atoms with Gasteiger partial charge in [-0.25, -0.2) is 8.42 Å². The van der Waals surface area contributed by atoms with Gasteiger partial charge in [-0.2, -0.15) is 4.31 Å². The molecule has 108 valence electrons. The van der Waals surface area contributed by atoms with Gasteiger partial charge < -0.3 is 4.74 Å². The van der Waals surface area contributed by atoms with Gasteiger partial charge in [-0.15, -0.1) is 0 Å². The molecule has 0 spiro atoms. The number of methoxy groups -OCH3 is 1. The van der Waals surface area contributed by atoms with Crippen molar-refractivity contribution in [2.24, 2.45) is 5.92 Å². The summed E-state index contributed by atoms with van der Waals surface area (Å²) in [6, 6.07) is 4.99. The Kier molecular flexibility index (Phi) is 5.82. The molecule has 0 N–H and O–H groups in total. The van der Waals surface area contributed by atoms with Crippen molar-refractivity contribution in [2.45, 2.75) is 25.7 Å². The largest absolute Gasteiger partial charge is 0.495 e. The van der Waals surface area contributed by atoms with Crippen LogP contribution in [0.5, 0.6) is 5.75 Å². The fourth-order valence-electron chi connectivity index (χ4n) is 1.80. The maximum atomic E-state index is 12.7. The van der Waals surface area contributed by atoms with E-state index in [0.29, 0.717) is 23.3 Å². The van der Waals surface area contributed by atoms with Crippen LogP contribution in [0.15, 0.2) is 27.6 Å². The number of benzene rings is 1. The van der Waals surface area contributed by atoms with Crippen LogP contribution in [0.25, 0.3) is 0 Å². The number of rotatable bonds is 6. The summed E-state index contributed by atoms with van der Waals surface area (Å²) in [7, 11) is -2.06. The zero-order valence-electron chi connectivity index (χ0n) is 11.7. The fourth-order valence-corrected chi connectivity index (χ4v) is 4.10. The minimum Gasteiger partial charge on any atom is -0.495 e. The summed E-state index contributed by atoms with van der Waals surface area (Å²) in [6.07, 6.45) is 0. The van der Waals surface area contributed by atoms with E-state index in [1.165, 1.54) is 11.4 Å². The van der Waals surface area contributed by atoms with Crippen LogP contribution >= 0.6 is 15.9 Å². The molecular formula is C13H20BrNO3S. The second-order valence-corrected chi connectivity index (χ2v) is 7.47.